The molecule has 0 radical (unpaired) electrons. The molecule has 0 amide bonds. The van der Waals surface area contributed by atoms with Crippen LogP contribution in [0.3, 0.4) is 0 Å². The zero-order valence-corrected chi connectivity index (χ0v) is 12.9. The van der Waals surface area contributed by atoms with Gasteiger partial charge in [0.25, 0.3) is 0 Å². The minimum Gasteiger partial charge on any atom is -0.294 e. The van der Waals surface area contributed by atoms with E-state index < -0.39 is 0 Å². The number of Topliss-reactive ketones (excluding diaryl/α,β-unsaturated/α-hetero) is 1. The van der Waals surface area contributed by atoms with E-state index in [1.165, 1.54) is 19.3 Å². The summed E-state index contributed by atoms with van der Waals surface area (Å²) < 4.78 is 0. The van der Waals surface area contributed by atoms with E-state index >= 15 is 0 Å². The topological polar surface area (TPSA) is 42.9 Å². The molecule has 2 aromatic rings. The maximum absolute atomic E-state index is 13.2. The quantitative estimate of drug-likeness (QED) is 0.850. The molecule has 0 saturated heterocycles. The van der Waals surface area contributed by atoms with Crippen LogP contribution in [0.1, 0.15) is 30.7 Å². The normalized spacial score (nSPS) is 31.7. The van der Waals surface area contributed by atoms with Crippen molar-refractivity contribution >= 4 is 16.9 Å². The molecule has 2 saturated carbocycles. The Hall–Kier alpha value is -2.29. The first-order valence-electron chi connectivity index (χ1n) is 8.46. The van der Waals surface area contributed by atoms with Crippen molar-refractivity contribution in [3.63, 3.8) is 0 Å². The molecule has 1 aromatic heterocycles. The van der Waals surface area contributed by atoms with Crippen LogP contribution in [0.5, 0.6) is 0 Å². The van der Waals surface area contributed by atoms with Crippen molar-refractivity contribution in [3.8, 4) is 0 Å². The number of carbonyl (C=O) groups is 1. The fraction of sp³-hybridized carbons (Fsp3) is 0.350. The lowest BCUT2D eigenvalue weighted by molar-refractivity contribution is -0.118. The molecule has 0 N–H and O–H groups in total. The van der Waals surface area contributed by atoms with E-state index in [0.717, 1.165) is 22.5 Å². The molecule has 2 bridgehead atoms. The highest BCUT2D eigenvalue weighted by atomic mass is 16.1. The summed E-state index contributed by atoms with van der Waals surface area (Å²) in [4.78, 5) is 22.2. The van der Waals surface area contributed by atoms with E-state index in [1.54, 1.807) is 12.4 Å². The van der Waals surface area contributed by atoms with Gasteiger partial charge in [-0.3, -0.25) is 4.79 Å². The predicted octanol–water partition coefficient (Wildman–Crippen LogP) is 3.63. The lowest BCUT2D eigenvalue weighted by atomic mass is 9.78. The van der Waals surface area contributed by atoms with Crippen LogP contribution in [0.4, 0.5) is 0 Å². The molecule has 3 aliphatic rings. The molecular formula is C20H18N2O. The van der Waals surface area contributed by atoms with Crippen LogP contribution in [-0.2, 0) is 4.79 Å². The first-order valence-corrected chi connectivity index (χ1v) is 8.46. The van der Waals surface area contributed by atoms with Gasteiger partial charge >= 0.3 is 0 Å². The molecule has 0 spiro atoms. The number of hydrogen-bond donors (Lipinski definition) is 0. The van der Waals surface area contributed by atoms with Gasteiger partial charge in [0.15, 0.2) is 11.6 Å². The van der Waals surface area contributed by atoms with Crippen molar-refractivity contribution in [2.45, 2.75) is 19.3 Å². The molecular weight excluding hydrogens is 284 g/mol. The van der Waals surface area contributed by atoms with Gasteiger partial charge in [0.1, 0.15) is 0 Å². The number of nitrogens with zero attached hydrogens (tertiary/aromatic N) is 2. The molecule has 1 heterocycles. The van der Waals surface area contributed by atoms with E-state index in [-0.39, 0.29) is 5.92 Å². The number of carbonyl (C=O) groups excluding carboxylic acids is 1. The van der Waals surface area contributed by atoms with Crippen molar-refractivity contribution in [1.29, 1.82) is 0 Å². The van der Waals surface area contributed by atoms with Gasteiger partial charge in [0.2, 0.25) is 0 Å². The molecule has 23 heavy (non-hydrogen) atoms. The molecule has 4 unspecified atom stereocenters. The van der Waals surface area contributed by atoms with Crippen molar-refractivity contribution in [1.82, 2.24) is 9.97 Å². The van der Waals surface area contributed by atoms with Crippen LogP contribution >= 0.6 is 0 Å². The maximum Gasteiger partial charge on any atom is 0.167 e. The summed E-state index contributed by atoms with van der Waals surface area (Å²) in [7, 11) is 0. The number of hydrogen-bond acceptors (Lipinski definition) is 3. The summed E-state index contributed by atoms with van der Waals surface area (Å²) in [5.41, 5.74) is 3.01. The number of fused-ring (bicyclic) bond motifs is 5. The van der Waals surface area contributed by atoms with Crippen LogP contribution in [0.25, 0.3) is 11.1 Å². The SMILES string of the molecule is O=C1C(c2ccccc2)=C(c2ncccn2)C2C3CCC(C3)C12. The third kappa shape index (κ3) is 1.79. The summed E-state index contributed by atoms with van der Waals surface area (Å²) >= 11 is 0. The van der Waals surface area contributed by atoms with Crippen LogP contribution < -0.4 is 0 Å². The van der Waals surface area contributed by atoms with Crippen LogP contribution in [0, 0.1) is 23.7 Å². The second kappa shape index (κ2) is 4.85. The van der Waals surface area contributed by atoms with Crippen molar-refractivity contribution < 1.29 is 4.79 Å². The minimum absolute atomic E-state index is 0.169. The third-order valence-corrected chi connectivity index (χ3v) is 5.94. The third-order valence-electron chi connectivity index (χ3n) is 5.94. The van der Waals surface area contributed by atoms with E-state index in [2.05, 4.69) is 9.97 Å². The Balaban J connectivity index is 1.75. The summed E-state index contributed by atoms with van der Waals surface area (Å²) in [5, 5.41) is 0. The Kier molecular flexibility index (Phi) is 2.78. The van der Waals surface area contributed by atoms with Crippen LogP contribution in [-0.4, -0.2) is 15.8 Å². The molecule has 1 aromatic carbocycles. The second-order valence-corrected chi connectivity index (χ2v) is 6.98. The van der Waals surface area contributed by atoms with E-state index in [9.17, 15) is 4.79 Å². The molecule has 3 aliphatic carbocycles. The molecule has 3 heteroatoms. The smallest absolute Gasteiger partial charge is 0.167 e. The Labute approximate surface area is 135 Å². The molecule has 0 aliphatic heterocycles. The Morgan fingerprint density at radius 1 is 0.870 bits per heavy atom. The highest BCUT2D eigenvalue weighted by molar-refractivity contribution is 6.32. The summed E-state index contributed by atoms with van der Waals surface area (Å²) in [5.74, 6) is 2.78. The number of benzene rings is 1. The zero-order chi connectivity index (χ0) is 15.4. The molecule has 5 rings (SSSR count). The van der Waals surface area contributed by atoms with E-state index in [1.807, 2.05) is 36.4 Å². The van der Waals surface area contributed by atoms with E-state index in [4.69, 9.17) is 0 Å². The second-order valence-electron chi connectivity index (χ2n) is 6.98. The summed E-state index contributed by atoms with van der Waals surface area (Å²) in [6.45, 7) is 0. The first-order chi connectivity index (χ1) is 11.3. The Bertz CT molecular complexity index is 797. The number of ketones is 1. The van der Waals surface area contributed by atoms with Crippen molar-refractivity contribution in [3.05, 3.63) is 60.2 Å². The van der Waals surface area contributed by atoms with Gasteiger partial charge in [-0.1, -0.05) is 30.3 Å². The lowest BCUT2D eigenvalue weighted by Gasteiger charge is -2.25. The minimum atomic E-state index is 0.169. The highest BCUT2D eigenvalue weighted by Gasteiger charge is 2.57. The standard InChI is InChI=1S/C20H18N2O/c23-19-16(12-5-2-1-3-6-12)18(20-21-9-4-10-22-20)15-13-7-8-14(11-13)17(15)19/h1-6,9-10,13-15,17H,7-8,11H2. The Morgan fingerprint density at radius 3 is 2.30 bits per heavy atom. The number of rotatable bonds is 2. The molecule has 2 fully saturated rings. The first kappa shape index (κ1) is 13.2. The van der Waals surface area contributed by atoms with Crippen LogP contribution in [0.2, 0.25) is 0 Å². The average Bonchev–Trinajstić information content (AvgIpc) is 3.29. The lowest BCUT2D eigenvalue weighted by Crippen LogP contribution is -2.24. The van der Waals surface area contributed by atoms with Gasteiger partial charge in [0.05, 0.1) is 0 Å². The van der Waals surface area contributed by atoms with Gasteiger partial charge in [-0.05, 0) is 42.7 Å². The fourth-order valence-electron chi connectivity index (χ4n) is 5.15. The van der Waals surface area contributed by atoms with Crippen LogP contribution in [0.15, 0.2) is 48.8 Å². The fourth-order valence-corrected chi connectivity index (χ4v) is 5.15. The highest BCUT2D eigenvalue weighted by Crippen LogP contribution is 2.62. The Morgan fingerprint density at radius 2 is 1.57 bits per heavy atom. The number of aromatic nitrogens is 2. The van der Waals surface area contributed by atoms with E-state index in [0.29, 0.717) is 23.5 Å². The van der Waals surface area contributed by atoms with Crippen molar-refractivity contribution in [2.75, 3.05) is 0 Å². The molecule has 4 atom stereocenters. The average molecular weight is 302 g/mol. The molecule has 3 nitrogen and oxygen atoms in total. The zero-order valence-electron chi connectivity index (χ0n) is 12.9. The van der Waals surface area contributed by atoms with Gasteiger partial charge in [-0.15, -0.1) is 0 Å². The largest absolute Gasteiger partial charge is 0.294 e. The van der Waals surface area contributed by atoms with Crippen molar-refractivity contribution in [2.24, 2.45) is 23.7 Å². The van der Waals surface area contributed by atoms with Gasteiger partial charge in [-0.2, -0.15) is 0 Å². The summed E-state index contributed by atoms with van der Waals surface area (Å²) in [6, 6.07) is 11.9. The van der Waals surface area contributed by atoms with Gasteiger partial charge in [0, 0.05) is 35.4 Å². The monoisotopic (exact) mass is 302 g/mol. The number of allylic oxidation sites excluding steroid dienone is 2. The predicted molar refractivity (Wildman–Crippen MR) is 88.1 cm³/mol. The summed E-state index contributed by atoms with van der Waals surface area (Å²) in [6.07, 6.45) is 7.23. The molecule has 114 valence electrons. The van der Waals surface area contributed by atoms with Gasteiger partial charge in [-0.25, -0.2) is 9.97 Å². The maximum atomic E-state index is 13.2. The van der Waals surface area contributed by atoms with Gasteiger partial charge < -0.3 is 0 Å².